The van der Waals surface area contributed by atoms with Gasteiger partial charge in [-0.2, -0.15) is 0 Å². The maximum Gasteiger partial charge on any atom is 0.287 e. The third kappa shape index (κ3) is 4.48. The van der Waals surface area contributed by atoms with Crippen molar-refractivity contribution in [3.8, 4) is 0 Å². The molecule has 2 aliphatic rings. The summed E-state index contributed by atoms with van der Waals surface area (Å²) < 4.78 is 5.13. The number of piperazine rings is 1. The Morgan fingerprint density at radius 1 is 1.11 bits per heavy atom. The largest absolute Gasteiger partial charge is 0.459 e. The zero-order valence-electron chi connectivity index (χ0n) is 15.7. The maximum absolute atomic E-state index is 12.0. The highest BCUT2D eigenvalue weighted by Crippen LogP contribution is 2.33. The van der Waals surface area contributed by atoms with E-state index < -0.39 is 0 Å². The molecule has 1 saturated carbocycles. The molecule has 0 unspecified atom stereocenters. The molecule has 0 atom stereocenters. The number of nitrogens with one attached hydrogen (secondary N) is 1. The molecule has 4 rings (SSSR count). The Kier molecular flexibility index (Phi) is 6.14. The van der Waals surface area contributed by atoms with Crippen LogP contribution in [0, 0.1) is 5.92 Å². The highest BCUT2D eigenvalue weighted by molar-refractivity contribution is 6.43. The monoisotopic (exact) mass is 421 g/mol. The van der Waals surface area contributed by atoms with Crippen molar-refractivity contribution in [3.63, 3.8) is 0 Å². The van der Waals surface area contributed by atoms with Gasteiger partial charge in [-0.1, -0.05) is 29.3 Å². The van der Waals surface area contributed by atoms with Crippen molar-refractivity contribution in [1.29, 1.82) is 0 Å². The molecule has 1 amide bonds. The van der Waals surface area contributed by atoms with Crippen LogP contribution in [0.15, 0.2) is 41.0 Å². The van der Waals surface area contributed by atoms with E-state index in [9.17, 15) is 4.79 Å². The van der Waals surface area contributed by atoms with E-state index >= 15 is 0 Å². The van der Waals surface area contributed by atoms with Crippen molar-refractivity contribution >= 4 is 34.8 Å². The van der Waals surface area contributed by atoms with E-state index in [1.807, 2.05) is 18.2 Å². The van der Waals surface area contributed by atoms with Gasteiger partial charge in [0.25, 0.3) is 5.91 Å². The second-order valence-corrected chi connectivity index (χ2v) is 8.46. The highest BCUT2D eigenvalue weighted by atomic mass is 35.5. The van der Waals surface area contributed by atoms with Crippen molar-refractivity contribution in [1.82, 2.24) is 10.2 Å². The predicted molar refractivity (Wildman–Crippen MR) is 112 cm³/mol. The van der Waals surface area contributed by atoms with E-state index in [1.165, 1.54) is 12.7 Å². The molecule has 1 saturated heterocycles. The first-order valence-corrected chi connectivity index (χ1v) is 10.6. The van der Waals surface area contributed by atoms with Crippen molar-refractivity contribution in [2.45, 2.75) is 25.3 Å². The minimum absolute atomic E-state index is 0.107. The van der Waals surface area contributed by atoms with Gasteiger partial charge in [0.05, 0.1) is 22.0 Å². The van der Waals surface area contributed by atoms with Crippen LogP contribution in [-0.4, -0.2) is 49.6 Å². The van der Waals surface area contributed by atoms with Gasteiger partial charge in [-0.3, -0.25) is 9.69 Å². The summed E-state index contributed by atoms with van der Waals surface area (Å²) >= 11 is 12.5. The molecule has 1 aromatic carbocycles. The van der Waals surface area contributed by atoms with Crippen LogP contribution in [-0.2, 0) is 0 Å². The molecule has 2 heterocycles. The smallest absolute Gasteiger partial charge is 0.287 e. The number of amides is 1. The van der Waals surface area contributed by atoms with Crippen molar-refractivity contribution in [2.75, 3.05) is 37.6 Å². The lowest BCUT2D eigenvalue weighted by Crippen LogP contribution is -2.48. The van der Waals surface area contributed by atoms with Crippen molar-refractivity contribution in [3.05, 3.63) is 52.4 Å². The van der Waals surface area contributed by atoms with Gasteiger partial charge in [-0.15, -0.1) is 0 Å². The summed E-state index contributed by atoms with van der Waals surface area (Å²) in [5.74, 6) is 0.979. The Bertz CT molecular complexity index is 798. The molecule has 1 N–H and O–H groups in total. The first kappa shape index (κ1) is 19.6. The van der Waals surface area contributed by atoms with Crippen LogP contribution in [0.2, 0.25) is 10.0 Å². The molecule has 0 bridgehead atoms. The minimum Gasteiger partial charge on any atom is -0.459 e. The number of hydrogen-bond acceptors (Lipinski definition) is 4. The average molecular weight is 422 g/mol. The second-order valence-electron chi connectivity index (χ2n) is 7.68. The van der Waals surface area contributed by atoms with Gasteiger partial charge in [0.15, 0.2) is 5.76 Å². The Morgan fingerprint density at radius 2 is 1.89 bits per heavy atom. The second kappa shape index (κ2) is 8.76. The van der Waals surface area contributed by atoms with Gasteiger partial charge in [-0.05, 0) is 56.0 Å². The van der Waals surface area contributed by atoms with E-state index in [0.717, 1.165) is 51.3 Å². The number of nitrogens with zero attached hydrogens (tertiary/aromatic N) is 2. The average Bonchev–Trinajstić information content (AvgIpc) is 3.21. The minimum atomic E-state index is -0.107. The summed E-state index contributed by atoms with van der Waals surface area (Å²) in [7, 11) is 0. The van der Waals surface area contributed by atoms with E-state index in [-0.39, 0.29) is 11.9 Å². The fraction of sp³-hybridized carbons (Fsp3) is 0.476. The molecular weight excluding hydrogens is 397 g/mol. The molecule has 5 nitrogen and oxygen atoms in total. The lowest BCUT2D eigenvalue weighted by molar-refractivity contribution is 0.0849. The number of halogens is 2. The SMILES string of the molecule is O=C(NC1CC(CCN2CCN(c3cccc(Cl)c3Cl)CC2)C1)c1ccco1. The number of hydrogen-bond donors (Lipinski definition) is 1. The van der Waals surface area contributed by atoms with Crippen LogP contribution < -0.4 is 10.2 Å². The lowest BCUT2D eigenvalue weighted by atomic mass is 9.78. The lowest BCUT2D eigenvalue weighted by Gasteiger charge is -2.39. The zero-order valence-corrected chi connectivity index (χ0v) is 17.3. The molecule has 28 heavy (non-hydrogen) atoms. The van der Waals surface area contributed by atoms with Gasteiger partial charge in [0, 0.05) is 32.2 Å². The quantitative estimate of drug-likeness (QED) is 0.754. The number of rotatable bonds is 6. The molecule has 1 aliphatic heterocycles. The molecule has 0 radical (unpaired) electrons. The van der Waals surface area contributed by atoms with Gasteiger partial charge in [-0.25, -0.2) is 0 Å². The molecule has 2 fully saturated rings. The zero-order chi connectivity index (χ0) is 19.5. The third-order valence-electron chi connectivity index (χ3n) is 5.81. The topological polar surface area (TPSA) is 48.7 Å². The number of carbonyl (C=O) groups excluding carboxylic acids is 1. The predicted octanol–water partition coefficient (Wildman–Crippen LogP) is 4.31. The van der Waals surface area contributed by atoms with Crippen LogP contribution in [0.3, 0.4) is 0 Å². The molecule has 1 aliphatic carbocycles. The number of benzene rings is 1. The standard InChI is InChI=1S/C21H25Cl2N3O2/c22-17-3-1-4-18(20(17)23)26-10-8-25(9-11-26)7-6-15-13-16(14-15)24-21(27)19-5-2-12-28-19/h1-5,12,15-16H,6-11,13-14H2,(H,24,27). The normalized spacial score (nSPS) is 22.7. The Hall–Kier alpha value is -1.69. The van der Waals surface area contributed by atoms with Crippen LogP contribution in [0.25, 0.3) is 0 Å². The highest BCUT2D eigenvalue weighted by Gasteiger charge is 2.31. The first-order chi connectivity index (χ1) is 13.6. The van der Waals surface area contributed by atoms with E-state index in [2.05, 4.69) is 15.1 Å². The number of furan rings is 1. The van der Waals surface area contributed by atoms with Crippen molar-refractivity contribution < 1.29 is 9.21 Å². The van der Waals surface area contributed by atoms with Crippen LogP contribution in [0.5, 0.6) is 0 Å². The number of anilines is 1. The Labute approximate surface area is 175 Å². The summed E-state index contributed by atoms with van der Waals surface area (Å²) in [4.78, 5) is 16.8. The van der Waals surface area contributed by atoms with Crippen LogP contribution in [0.1, 0.15) is 29.8 Å². The Balaban J connectivity index is 1.15. The molecular formula is C21H25Cl2N3O2. The maximum atomic E-state index is 12.0. The van der Waals surface area contributed by atoms with Gasteiger partial charge >= 0.3 is 0 Å². The van der Waals surface area contributed by atoms with E-state index in [0.29, 0.717) is 21.7 Å². The molecule has 1 aromatic heterocycles. The van der Waals surface area contributed by atoms with Crippen LogP contribution >= 0.6 is 23.2 Å². The fourth-order valence-corrected chi connectivity index (χ4v) is 4.48. The number of carbonyl (C=O) groups is 1. The Morgan fingerprint density at radius 3 is 2.61 bits per heavy atom. The van der Waals surface area contributed by atoms with Gasteiger partial charge < -0.3 is 14.6 Å². The summed E-state index contributed by atoms with van der Waals surface area (Å²) in [5, 5.41) is 4.30. The van der Waals surface area contributed by atoms with Crippen LogP contribution in [0.4, 0.5) is 5.69 Å². The summed E-state index contributed by atoms with van der Waals surface area (Å²) in [5.41, 5.74) is 1.03. The van der Waals surface area contributed by atoms with E-state index in [4.69, 9.17) is 27.6 Å². The summed E-state index contributed by atoms with van der Waals surface area (Å²) in [6.07, 6.45) is 4.83. The molecule has 2 aromatic rings. The molecule has 150 valence electrons. The van der Waals surface area contributed by atoms with Gasteiger partial charge in [0.1, 0.15) is 0 Å². The first-order valence-electron chi connectivity index (χ1n) is 9.86. The van der Waals surface area contributed by atoms with E-state index in [1.54, 1.807) is 12.1 Å². The molecule has 0 spiro atoms. The molecule has 7 heteroatoms. The summed E-state index contributed by atoms with van der Waals surface area (Å²) in [6, 6.07) is 9.53. The van der Waals surface area contributed by atoms with Gasteiger partial charge in [0.2, 0.25) is 0 Å². The van der Waals surface area contributed by atoms with Crippen molar-refractivity contribution in [2.24, 2.45) is 5.92 Å². The third-order valence-corrected chi connectivity index (χ3v) is 6.62. The summed E-state index contributed by atoms with van der Waals surface area (Å²) in [6.45, 7) is 5.11. The fourth-order valence-electron chi connectivity index (χ4n) is 4.07.